The highest BCUT2D eigenvalue weighted by Crippen LogP contribution is 2.26. The molecule has 0 radical (unpaired) electrons. The Morgan fingerprint density at radius 1 is 1.40 bits per heavy atom. The molecule has 0 aliphatic carbocycles. The monoisotopic (exact) mass is 336 g/mol. The Kier molecular flexibility index (Phi) is 4.14. The smallest absolute Gasteiger partial charge is 0.248 e. The van der Waals surface area contributed by atoms with Gasteiger partial charge in [-0.15, -0.1) is 10.2 Å². The summed E-state index contributed by atoms with van der Waals surface area (Å²) in [5, 5.41) is 11.7. The van der Waals surface area contributed by atoms with Crippen molar-refractivity contribution in [1.29, 1.82) is 0 Å². The summed E-state index contributed by atoms with van der Waals surface area (Å²) < 4.78 is 6.67. The van der Waals surface area contributed by atoms with Crippen molar-refractivity contribution >= 4 is 15.9 Å². The quantitative estimate of drug-likeness (QED) is 0.928. The summed E-state index contributed by atoms with van der Waals surface area (Å²) in [7, 11) is 2.14. The second kappa shape index (κ2) is 6.03. The summed E-state index contributed by atoms with van der Waals surface area (Å²) in [4.78, 5) is 2.32. The number of rotatable bonds is 4. The maximum atomic E-state index is 5.71. The summed E-state index contributed by atoms with van der Waals surface area (Å²) >= 11 is 3.49. The molecule has 2 heterocycles. The minimum atomic E-state index is 0.513. The van der Waals surface area contributed by atoms with Gasteiger partial charge >= 0.3 is 0 Å². The summed E-state index contributed by atoms with van der Waals surface area (Å²) in [6.07, 6.45) is 1.17. The molecule has 1 N–H and O–H groups in total. The highest BCUT2D eigenvalue weighted by atomic mass is 79.9. The normalized spacial score (nSPS) is 19.6. The van der Waals surface area contributed by atoms with Gasteiger partial charge in [0.1, 0.15) is 0 Å². The van der Waals surface area contributed by atoms with Gasteiger partial charge in [0.15, 0.2) is 0 Å². The van der Waals surface area contributed by atoms with E-state index in [2.05, 4.69) is 43.4 Å². The maximum Gasteiger partial charge on any atom is 0.248 e. The van der Waals surface area contributed by atoms with Crippen molar-refractivity contribution in [1.82, 2.24) is 20.4 Å². The number of hydrogen-bond donors (Lipinski definition) is 1. The van der Waals surface area contributed by atoms with Crippen molar-refractivity contribution < 1.29 is 4.42 Å². The molecule has 3 rings (SSSR count). The standard InChI is InChI=1S/C14H17BrN4O/c1-19-7-6-10(9-19)16-8-13-17-18-14(20-13)11-4-2-3-5-12(11)15/h2-5,10,16H,6-9H2,1H3. The van der Waals surface area contributed by atoms with E-state index in [4.69, 9.17) is 4.42 Å². The summed E-state index contributed by atoms with van der Waals surface area (Å²) in [6.45, 7) is 2.84. The number of hydrogen-bond acceptors (Lipinski definition) is 5. The molecule has 1 aromatic heterocycles. The van der Waals surface area contributed by atoms with Crippen LogP contribution in [0.2, 0.25) is 0 Å². The summed E-state index contributed by atoms with van der Waals surface area (Å²) in [6, 6.07) is 8.35. The zero-order chi connectivity index (χ0) is 13.9. The zero-order valence-electron chi connectivity index (χ0n) is 11.3. The average molecular weight is 337 g/mol. The highest BCUT2D eigenvalue weighted by Gasteiger charge is 2.19. The fourth-order valence-electron chi connectivity index (χ4n) is 2.40. The van der Waals surface area contributed by atoms with Crippen LogP contribution in [0.4, 0.5) is 0 Å². The fraction of sp³-hybridized carbons (Fsp3) is 0.429. The zero-order valence-corrected chi connectivity index (χ0v) is 12.9. The first-order valence-corrected chi connectivity index (χ1v) is 7.51. The van der Waals surface area contributed by atoms with Crippen LogP contribution in [0.15, 0.2) is 33.2 Å². The van der Waals surface area contributed by atoms with Crippen LogP contribution in [0.5, 0.6) is 0 Å². The lowest BCUT2D eigenvalue weighted by molar-refractivity contribution is 0.388. The van der Waals surface area contributed by atoms with Crippen molar-refractivity contribution in [2.75, 3.05) is 20.1 Å². The molecule has 0 bridgehead atoms. The lowest BCUT2D eigenvalue weighted by Gasteiger charge is -2.10. The Balaban J connectivity index is 1.64. The third-order valence-electron chi connectivity index (χ3n) is 3.50. The summed E-state index contributed by atoms with van der Waals surface area (Å²) in [5.74, 6) is 1.18. The molecule has 1 fully saturated rings. The molecule has 1 aliphatic rings. The first-order valence-electron chi connectivity index (χ1n) is 6.71. The largest absolute Gasteiger partial charge is 0.419 e. The van der Waals surface area contributed by atoms with Crippen molar-refractivity contribution in [3.63, 3.8) is 0 Å². The molecular formula is C14H17BrN4O. The molecule has 1 aromatic carbocycles. The van der Waals surface area contributed by atoms with Gasteiger partial charge in [-0.25, -0.2) is 0 Å². The molecule has 106 valence electrons. The Hall–Kier alpha value is -1.24. The molecule has 2 aromatic rings. The van der Waals surface area contributed by atoms with E-state index in [-0.39, 0.29) is 0 Å². The minimum absolute atomic E-state index is 0.513. The number of nitrogens with one attached hydrogen (secondary N) is 1. The molecule has 1 aliphatic heterocycles. The van der Waals surface area contributed by atoms with Gasteiger partial charge in [-0.3, -0.25) is 0 Å². The van der Waals surface area contributed by atoms with Gasteiger partial charge in [0.05, 0.1) is 12.1 Å². The van der Waals surface area contributed by atoms with E-state index in [1.54, 1.807) is 0 Å². The van der Waals surface area contributed by atoms with E-state index < -0.39 is 0 Å². The number of likely N-dealkylation sites (N-methyl/N-ethyl adjacent to an activating group) is 1. The molecule has 5 nitrogen and oxygen atoms in total. The third-order valence-corrected chi connectivity index (χ3v) is 4.20. The Labute approximate surface area is 126 Å². The van der Waals surface area contributed by atoms with E-state index in [1.807, 2.05) is 24.3 Å². The van der Waals surface area contributed by atoms with Crippen LogP contribution in [-0.2, 0) is 6.54 Å². The summed E-state index contributed by atoms with van der Waals surface area (Å²) in [5.41, 5.74) is 0.923. The van der Waals surface area contributed by atoms with Gasteiger partial charge in [0.2, 0.25) is 11.8 Å². The van der Waals surface area contributed by atoms with Crippen LogP contribution in [-0.4, -0.2) is 41.3 Å². The van der Waals surface area contributed by atoms with E-state index >= 15 is 0 Å². The second-order valence-electron chi connectivity index (χ2n) is 5.11. The van der Waals surface area contributed by atoms with Gasteiger partial charge in [0, 0.05) is 17.1 Å². The Morgan fingerprint density at radius 3 is 3.00 bits per heavy atom. The second-order valence-corrected chi connectivity index (χ2v) is 5.96. The highest BCUT2D eigenvalue weighted by molar-refractivity contribution is 9.10. The van der Waals surface area contributed by atoms with E-state index in [1.165, 1.54) is 6.42 Å². The van der Waals surface area contributed by atoms with E-state index in [0.29, 0.717) is 24.4 Å². The first kappa shape index (κ1) is 13.7. The lowest BCUT2D eigenvalue weighted by atomic mass is 10.2. The van der Waals surface area contributed by atoms with Crippen molar-refractivity contribution in [3.8, 4) is 11.5 Å². The average Bonchev–Trinajstić information content (AvgIpc) is 3.06. The van der Waals surface area contributed by atoms with Crippen molar-refractivity contribution in [2.45, 2.75) is 19.0 Å². The van der Waals surface area contributed by atoms with Crippen LogP contribution < -0.4 is 5.32 Å². The molecule has 20 heavy (non-hydrogen) atoms. The number of halogens is 1. The van der Waals surface area contributed by atoms with Crippen LogP contribution >= 0.6 is 15.9 Å². The molecular weight excluding hydrogens is 320 g/mol. The SMILES string of the molecule is CN1CCC(NCc2nnc(-c3ccccc3Br)o2)C1. The predicted molar refractivity (Wildman–Crippen MR) is 80.2 cm³/mol. The molecule has 6 heteroatoms. The van der Waals surface area contributed by atoms with Crippen LogP contribution in [0.25, 0.3) is 11.5 Å². The van der Waals surface area contributed by atoms with Crippen LogP contribution in [0.3, 0.4) is 0 Å². The molecule has 1 unspecified atom stereocenters. The van der Waals surface area contributed by atoms with Gasteiger partial charge in [-0.2, -0.15) is 0 Å². The van der Waals surface area contributed by atoms with E-state index in [9.17, 15) is 0 Å². The molecule has 0 spiro atoms. The number of nitrogens with zero attached hydrogens (tertiary/aromatic N) is 3. The fourth-order valence-corrected chi connectivity index (χ4v) is 2.86. The minimum Gasteiger partial charge on any atom is -0.419 e. The topological polar surface area (TPSA) is 54.2 Å². The van der Waals surface area contributed by atoms with Crippen LogP contribution in [0.1, 0.15) is 12.3 Å². The van der Waals surface area contributed by atoms with Gasteiger partial charge in [-0.05, 0) is 48.1 Å². The Morgan fingerprint density at radius 2 is 2.25 bits per heavy atom. The molecule has 1 atom stereocenters. The Bertz CT molecular complexity index is 586. The van der Waals surface area contributed by atoms with Gasteiger partial charge < -0.3 is 14.6 Å². The number of aromatic nitrogens is 2. The van der Waals surface area contributed by atoms with Crippen molar-refractivity contribution in [2.24, 2.45) is 0 Å². The number of benzene rings is 1. The third kappa shape index (κ3) is 3.08. The van der Waals surface area contributed by atoms with Crippen LogP contribution in [0, 0.1) is 0 Å². The molecule has 1 saturated heterocycles. The maximum absolute atomic E-state index is 5.71. The molecule has 0 amide bonds. The molecule has 0 saturated carbocycles. The van der Waals surface area contributed by atoms with Gasteiger partial charge in [0.25, 0.3) is 0 Å². The van der Waals surface area contributed by atoms with Crippen molar-refractivity contribution in [3.05, 3.63) is 34.6 Å². The predicted octanol–water partition coefficient (Wildman–Crippen LogP) is 2.29. The number of likely N-dealkylation sites (tertiary alicyclic amines) is 1. The lowest BCUT2D eigenvalue weighted by Crippen LogP contribution is -2.31. The first-order chi connectivity index (χ1) is 9.72. The van der Waals surface area contributed by atoms with Gasteiger partial charge in [-0.1, -0.05) is 12.1 Å². The van der Waals surface area contributed by atoms with E-state index in [0.717, 1.165) is 23.1 Å².